The van der Waals surface area contributed by atoms with E-state index in [0.717, 1.165) is 22.0 Å². The molecule has 0 radical (unpaired) electrons. The zero-order chi connectivity index (χ0) is 23.1. The molecule has 1 aliphatic rings. The minimum absolute atomic E-state index is 0.159. The highest BCUT2D eigenvalue weighted by Crippen LogP contribution is 2.38. The number of fused-ring (bicyclic) bond motifs is 1. The van der Waals surface area contributed by atoms with E-state index < -0.39 is 0 Å². The molecule has 1 fully saturated rings. The number of anilines is 1. The molecular weight excluding hydrogens is 515 g/mol. The molecule has 0 spiro atoms. The van der Waals surface area contributed by atoms with Gasteiger partial charge in [-0.15, -0.1) is 0 Å². The van der Waals surface area contributed by atoms with Crippen molar-refractivity contribution in [1.82, 2.24) is 4.57 Å². The SMILES string of the molecule is O=C1/C(=C\c2cn(Cc3ccc(Cl)c(Cl)c3)c3ccccc23)SC(=S)N1c1cccc(Cl)c1. The molecule has 1 saturated heterocycles. The molecule has 0 atom stereocenters. The van der Waals surface area contributed by atoms with E-state index >= 15 is 0 Å². The molecule has 5 rings (SSSR count). The van der Waals surface area contributed by atoms with Crippen LogP contribution in [0.3, 0.4) is 0 Å². The summed E-state index contributed by atoms with van der Waals surface area (Å²) in [5.74, 6) is -0.159. The van der Waals surface area contributed by atoms with Gasteiger partial charge in [-0.05, 0) is 48.0 Å². The second-order valence-electron chi connectivity index (χ2n) is 7.47. The van der Waals surface area contributed by atoms with E-state index in [1.54, 1.807) is 24.3 Å². The van der Waals surface area contributed by atoms with Gasteiger partial charge in [0.2, 0.25) is 0 Å². The van der Waals surface area contributed by atoms with Gasteiger partial charge < -0.3 is 4.57 Å². The number of amides is 1. The molecule has 164 valence electrons. The molecule has 0 unspecified atom stereocenters. The lowest BCUT2D eigenvalue weighted by Gasteiger charge is -2.14. The Bertz CT molecular complexity index is 1460. The predicted octanol–water partition coefficient (Wildman–Crippen LogP) is 8.06. The summed E-state index contributed by atoms with van der Waals surface area (Å²) in [5, 5.41) is 2.65. The molecule has 8 heteroatoms. The van der Waals surface area contributed by atoms with Gasteiger partial charge in [-0.3, -0.25) is 9.69 Å². The number of para-hydroxylation sites is 1. The fraction of sp³-hybridized carbons (Fsp3) is 0.0400. The fourth-order valence-electron chi connectivity index (χ4n) is 3.80. The largest absolute Gasteiger partial charge is 0.342 e. The average molecular weight is 530 g/mol. The normalized spacial score (nSPS) is 15.2. The fourth-order valence-corrected chi connectivity index (χ4v) is 5.60. The van der Waals surface area contributed by atoms with Gasteiger partial charge in [0.25, 0.3) is 5.91 Å². The summed E-state index contributed by atoms with van der Waals surface area (Å²) in [5.41, 5.74) is 3.69. The van der Waals surface area contributed by atoms with E-state index in [1.165, 1.54) is 16.7 Å². The van der Waals surface area contributed by atoms with Crippen molar-refractivity contribution in [2.45, 2.75) is 6.54 Å². The molecule has 0 N–H and O–H groups in total. The Morgan fingerprint density at radius 1 is 0.939 bits per heavy atom. The van der Waals surface area contributed by atoms with Crippen molar-refractivity contribution in [2.75, 3.05) is 4.90 Å². The summed E-state index contributed by atoms with van der Waals surface area (Å²) in [4.78, 5) is 15.3. The van der Waals surface area contributed by atoms with Crippen molar-refractivity contribution in [2.24, 2.45) is 0 Å². The van der Waals surface area contributed by atoms with E-state index in [0.29, 0.717) is 36.5 Å². The Hall–Kier alpha value is -2.28. The van der Waals surface area contributed by atoms with Crippen molar-refractivity contribution >= 4 is 91.7 Å². The number of thiocarbonyl (C=S) groups is 1. The first-order chi connectivity index (χ1) is 15.9. The maximum Gasteiger partial charge on any atom is 0.270 e. The molecule has 3 aromatic carbocycles. The topological polar surface area (TPSA) is 25.2 Å². The van der Waals surface area contributed by atoms with Crippen LogP contribution < -0.4 is 4.90 Å². The van der Waals surface area contributed by atoms with Crippen LogP contribution in [-0.4, -0.2) is 14.8 Å². The van der Waals surface area contributed by atoms with Crippen LogP contribution in [0.5, 0.6) is 0 Å². The summed E-state index contributed by atoms with van der Waals surface area (Å²) < 4.78 is 2.62. The zero-order valence-corrected chi connectivity index (χ0v) is 20.9. The lowest BCUT2D eigenvalue weighted by molar-refractivity contribution is -0.113. The number of hydrogen-bond donors (Lipinski definition) is 0. The quantitative estimate of drug-likeness (QED) is 0.197. The first kappa shape index (κ1) is 22.5. The van der Waals surface area contributed by atoms with Gasteiger partial charge in [-0.2, -0.15) is 0 Å². The summed E-state index contributed by atoms with van der Waals surface area (Å²) >= 11 is 25.2. The van der Waals surface area contributed by atoms with Gasteiger partial charge in [0.1, 0.15) is 0 Å². The minimum atomic E-state index is -0.159. The van der Waals surface area contributed by atoms with Crippen LogP contribution in [-0.2, 0) is 11.3 Å². The number of aromatic nitrogens is 1. The van der Waals surface area contributed by atoms with E-state index in [4.69, 9.17) is 47.0 Å². The van der Waals surface area contributed by atoms with Crippen molar-refractivity contribution in [1.29, 1.82) is 0 Å². The highest BCUT2D eigenvalue weighted by atomic mass is 35.5. The smallest absolute Gasteiger partial charge is 0.270 e. The van der Waals surface area contributed by atoms with E-state index in [1.807, 2.05) is 48.7 Å². The Balaban J connectivity index is 1.52. The Kier molecular flexibility index (Phi) is 6.25. The number of carbonyl (C=O) groups excluding carboxylic acids is 1. The molecular formula is C25H15Cl3N2OS2. The van der Waals surface area contributed by atoms with Gasteiger partial charge in [-0.25, -0.2) is 0 Å². The highest BCUT2D eigenvalue weighted by Gasteiger charge is 2.33. The van der Waals surface area contributed by atoms with Gasteiger partial charge in [0.15, 0.2) is 4.32 Å². The van der Waals surface area contributed by atoms with Crippen molar-refractivity contribution in [3.05, 3.63) is 104 Å². The minimum Gasteiger partial charge on any atom is -0.342 e. The molecule has 2 heterocycles. The lowest BCUT2D eigenvalue weighted by atomic mass is 10.1. The number of thioether (sulfide) groups is 1. The number of nitrogens with zero attached hydrogens (tertiary/aromatic N) is 2. The molecule has 0 aliphatic carbocycles. The van der Waals surface area contributed by atoms with Crippen molar-refractivity contribution in [3.8, 4) is 0 Å². The summed E-state index contributed by atoms with van der Waals surface area (Å²) in [6.07, 6.45) is 3.94. The van der Waals surface area contributed by atoms with Crippen LogP contribution in [0.15, 0.2) is 77.8 Å². The van der Waals surface area contributed by atoms with Gasteiger partial charge in [-0.1, -0.05) is 89.1 Å². The third kappa shape index (κ3) is 4.44. The summed E-state index contributed by atoms with van der Waals surface area (Å²) in [6, 6.07) is 20.8. The van der Waals surface area contributed by atoms with Gasteiger partial charge >= 0.3 is 0 Å². The van der Waals surface area contributed by atoms with Crippen molar-refractivity contribution < 1.29 is 4.79 Å². The molecule has 33 heavy (non-hydrogen) atoms. The van der Waals surface area contributed by atoms with Crippen LogP contribution in [0, 0.1) is 0 Å². The molecule has 3 nitrogen and oxygen atoms in total. The van der Waals surface area contributed by atoms with Crippen LogP contribution in [0.2, 0.25) is 15.1 Å². The van der Waals surface area contributed by atoms with E-state index in [2.05, 4.69) is 10.6 Å². The highest BCUT2D eigenvalue weighted by molar-refractivity contribution is 8.27. The monoisotopic (exact) mass is 528 g/mol. The maximum absolute atomic E-state index is 13.2. The van der Waals surface area contributed by atoms with Gasteiger partial charge in [0.05, 0.1) is 20.6 Å². The summed E-state index contributed by atoms with van der Waals surface area (Å²) in [7, 11) is 0. The first-order valence-corrected chi connectivity index (χ1v) is 12.3. The maximum atomic E-state index is 13.2. The molecule has 0 saturated carbocycles. The number of hydrogen-bond acceptors (Lipinski definition) is 3. The van der Waals surface area contributed by atoms with Crippen LogP contribution >= 0.6 is 58.8 Å². The lowest BCUT2D eigenvalue weighted by Crippen LogP contribution is -2.27. The number of halogens is 3. The third-order valence-corrected chi connectivity index (χ3v) is 7.58. The zero-order valence-electron chi connectivity index (χ0n) is 17.0. The average Bonchev–Trinajstić information content (AvgIpc) is 3.27. The Morgan fingerprint density at radius 2 is 1.76 bits per heavy atom. The molecule has 1 aliphatic heterocycles. The van der Waals surface area contributed by atoms with Crippen LogP contribution in [0.4, 0.5) is 5.69 Å². The van der Waals surface area contributed by atoms with Gasteiger partial charge in [0, 0.05) is 34.2 Å². The Morgan fingerprint density at radius 3 is 2.55 bits per heavy atom. The van der Waals surface area contributed by atoms with Crippen molar-refractivity contribution in [3.63, 3.8) is 0 Å². The number of carbonyl (C=O) groups is 1. The first-order valence-electron chi connectivity index (χ1n) is 9.96. The second kappa shape index (κ2) is 9.16. The third-order valence-electron chi connectivity index (χ3n) is 5.30. The molecule has 1 amide bonds. The number of benzene rings is 3. The predicted molar refractivity (Wildman–Crippen MR) is 145 cm³/mol. The van der Waals surface area contributed by atoms with E-state index in [9.17, 15) is 4.79 Å². The van der Waals surface area contributed by atoms with E-state index in [-0.39, 0.29) is 5.91 Å². The Labute approximate surface area is 215 Å². The summed E-state index contributed by atoms with van der Waals surface area (Å²) in [6.45, 7) is 0.620. The molecule has 0 bridgehead atoms. The molecule has 4 aromatic rings. The molecule has 1 aromatic heterocycles. The second-order valence-corrected chi connectivity index (χ2v) is 10.4. The van der Waals surface area contributed by atoms with Crippen LogP contribution in [0.1, 0.15) is 11.1 Å². The van der Waals surface area contributed by atoms with Crippen LogP contribution in [0.25, 0.3) is 17.0 Å². The number of rotatable bonds is 4. The standard InChI is InChI=1S/C25H15Cl3N2OS2/c26-17-4-3-5-18(12-17)30-24(31)23(33-25(30)32)11-16-14-29(22-7-2-1-6-19(16)22)13-15-8-9-20(27)21(28)10-15/h1-12,14H,13H2/b23-11+.